The van der Waals surface area contributed by atoms with E-state index in [1.807, 2.05) is 36.4 Å². The Morgan fingerprint density at radius 1 is 0.379 bits per heavy atom. The molecule has 1 aliphatic carbocycles. The smallest absolute Gasteiger partial charge is 0.252 e. The first-order valence-electron chi connectivity index (χ1n) is 20.1. The Kier molecular flexibility index (Phi) is 11.2. The van der Waals surface area contributed by atoms with Crippen LogP contribution in [-0.4, -0.2) is 23.9 Å². The zero-order valence-corrected chi connectivity index (χ0v) is 34.0. The summed E-state index contributed by atoms with van der Waals surface area (Å²) in [6.45, 7) is 0. The van der Waals surface area contributed by atoms with Gasteiger partial charge in [-0.2, -0.15) is 0 Å². The van der Waals surface area contributed by atoms with Crippen molar-refractivity contribution in [2.24, 2.45) is 0 Å². The van der Waals surface area contributed by atoms with Crippen molar-refractivity contribution < 1.29 is 9.59 Å². The Balaban J connectivity index is 1.07. The fourth-order valence-electron chi connectivity index (χ4n) is 8.32. The third-order valence-electron chi connectivity index (χ3n) is 11.2. The molecule has 0 unspecified atom stereocenters. The number of fused-ring (bicyclic) bond motifs is 2. The van der Waals surface area contributed by atoms with Gasteiger partial charge in [-0.3, -0.25) is 9.59 Å². The molecule has 8 aromatic carbocycles. The van der Waals surface area contributed by atoms with Gasteiger partial charge in [0, 0.05) is 23.2 Å². The second-order valence-electron chi connectivity index (χ2n) is 14.9. The minimum atomic E-state index is -1.04. The van der Waals surface area contributed by atoms with Crippen LogP contribution in [0.25, 0.3) is 21.5 Å². The number of nitrogens with one attached hydrogen (secondary N) is 2. The van der Waals surface area contributed by atoms with E-state index in [-0.39, 0.29) is 23.9 Å². The van der Waals surface area contributed by atoms with E-state index in [0.717, 1.165) is 57.8 Å². The Bertz CT molecular complexity index is 2420. The fourth-order valence-corrected chi connectivity index (χ4v) is 13.3. The highest BCUT2D eigenvalue weighted by Crippen LogP contribution is 2.37. The number of hydrogen-bond donors (Lipinski definition) is 2. The Morgan fingerprint density at radius 3 is 0.966 bits per heavy atom. The number of rotatable bonds is 10. The lowest BCUT2D eigenvalue weighted by Crippen LogP contribution is -2.54. The lowest BCUT2D eigenvalue weighted by atomic mass is 9.89. The molecule has 4 nitrogen and oxygen atoms in total. The lowest BCUT2D eigenvalue weighted by molar-refractivity contribution is 0.0864. The molecule has 284 valence electrons. The van der Waals surface area contributed by atoms with Gasteiger partial charge in [-0.05, 0) is 106 Å². The van der Waals surface area contributed by atoms with Crippen molar-refractivity contribution in [1.82, 2.24) is 10.6 Å². The van der Waals surface area contributed by atoms with Crippen molar-refractivity contribution in [3.05, 3.63) is 205 Å². The van der Waals surface area contributed by atoms with E-state index in [9.17, 15) is 9.59 Å². The number of hydrogen-bond acceptors (Lipinski definition) is 2. The molecule has 0 bridgehead atoms. The van der Waals surface area contributed by atoms with Crippen molar-refractivity contribution in [2.75, 3.05) is 0 Å². The molecular formula is C52H44N2O2P2. The summed E-state index contributed by atoms with van der Waals surface area (Å²) in [6.07, 6.45) is 3.54. The molecule has 0 heterocycles. The van der Waals surface area contributed by atoms with Gasteiger partial charge in [0.25, 0.3) is 11.8 Å². The predicted octanol–water partition coefficient (Wildman–Crippen LogP) is 8.98. The maximum Gasteiger partial charge on any atom is 0.252 e. The van der Waals surface area contributed by atoms with Crippen LogP contribution >= 0.6 is 15.8 Å². The Hall–Kier alpha value is -5.92. The molecule has 2 atom stereocenters. The molecule has 2 amide bonds. The summed E-state index contributed by atoms with van der Waals surface area (Å²) in [4.78, 5) is 29.7. The second-order valence-corrected chi connectivity index (χ2v) is 19.3. The van der Waals surface area contributed by atoms with E-state index >= 15 is 0 Å². The van der Waals surface area contributed by atoms with Crippen LogP contribution in [0, 0.1) is 0 Å². The normalized spacial score (nSPS) is 15.4. The first-order chi connectivity index (χ1) is 28.6. The standard InChI is InChI=1S/C52H44N2O2P2/c55-51(45-33-37-19-13-15-21-39(37)35-49(45)57(41-23-5-1-6-24-41)42-25-7-2-8-26-42)53-47-31-17-18-32-48(47)54-52(56)46-34-38-20-14-16-22-40(38)36-50(46)58(43-27-9-3-10-28-43)44-29-11-4-12-30-44/h1-16,19-30,33-36,47-48H,17-18,31-32H2,(H,53,55)(H,54,56)/t47-,48-/m0/s1. The summed E-state index contributed by atoms with van der Waals surface area (Å²) in [5.74, 6) is -0.205. The number of benzene rings is 8. The molecule has 8 aromatic rings. The van der Waals surface area contributed by atoms with Gasteiger partial charge >= 0.3 is 0 Å². The molecule has 0 saturated heterocycles. The van der Waals surface area contributed by atoms with Gasteiger partial charge in [-0.25, -0.2) is 0 Å². The first-order valence-corrected chi connectivity index (χ1v) is 22.8. The van der Waals surface area contributed by atoms with Gasteiger partial charge in [0.05, 0.1) is 0 Å². The third kappa shape index (κ3) is 7.96. The highest BCUT2D eigenvalue weighted by Gasteiger charge is 2.32. The summed E-state index contributed by atoms with van der Waals surface area (Å²) >= 11 is 0. The molecule has 9 rings (SSSR count). The molecule has 0 radical (unpaired) electrons. The van der Waals surface area contributed by atoms with Crippen LogP contribution in [0.3, 0.4) is 0 Å². The average Bonchev–Trinajstić information content (AvgIpc) is 3.28. The molecule has 58 heavy (non-hydrogen) atoms. The minimum Gasteiger partial charge on any atom is -0.347 e. The van der Waals surface area contributed by atoms with Crippen LogP contribution in [-0.2, 0) is 0 Å². The Morgan fingerprint density at radius 2 is 0.655 bits per heavy atom. The van der Waals surface area contributed by atoms with Gasteiger partial charge in [-0.1, -0.05) is 183 Å². The minimum absolute atomic E-state index is 0.102. The van der Waals surface area contributed by atoms with E-state index in [1.165, 1.54) is 21.2 Å². The van der Waals surface area contributed by atoms with Gasteiger partial charge in [0.2, 0.25) is 0 Å². The molecule has 0 aliphatic heterocycles. The van der Waals surface area contributed by atoms with E-state index in [0.29, 0.717) is 11.1 Å². The summed E-state index contributed by atoms with van der Waals surface area (Å²) in [5.41, 5.74) is 1.36. The summed E-state index contributed by atoms with van der Waals surface area (Å²) in [6, 6.07) is 66.8. The van der Waals surface area contributed by atoms with Gasteiger partial charge in [-0.15, -0.1) is 0 Å². The van der Waals surface area contributed by atoms with Crippen LogP contribution in [0.1, 0.15) is 46.4 Å². The predicted molar refractivity (Wildman–Crippen MR) is 246 cm³/mol. The first kappa shape index (κ1) is 37.6. The van der Waals surface area contributed by atoms with Crippen LogP contribution in [0.2, 0.25) is 0 Å². The number of carbonyl (C=O) groups excluding carboxylic acids is 2. The highest BCUT2D eigenvalue weighted by molar-refractivity contribution is 7.80. The topological polar surface area (TPSA) is 58.2 Å². The maximum atomic E-state index is 14.8. The van der Waals surface area contributed by atoms with E-state index in [4.69, 9.17) is 0 Å². The van der Waals surface area contributed by atoms with Crippen LogP contribution in [0.15, 0.2) is 194 Å². The van der Waals surface area contributed by atoms with Crippen molar-refractivity contribution in [3.63, 3.8) is 0 Å². The largest absolute Gasteiger partial charge is 0.347 e. The van der Waals surface area contributed by atoms with Crippen molar-refractivity contribution in [1.29, 1.82) is 0 Å². The van der Waals surface area contributed by atoms with Crippen LogP contribution in [0.5, 0.6) is 0 Å². The monoisotopic (exact) mass is 790 g/mol. The molecule has 2 N–H and O–H groups in total. The van der Waals surface area contributed by atoms with E-state index in [1.54, 1.807) is 0 Å². The average molecular weight is 791 g/mol. The molecule has 6 heteroatoms. The van der Waals surface area contributed by atoms with Gasteiger partial charge in [0.15, 0.2) is 0 Å². The lowest BCUT2D eigenvalue weighted by Gasteiger charge is -2.34. The zero-order chi connectivity index (χ0) is 39.3. The summed E-state index contributed by atoms with van der Waals surface area (Å²) < 4.78 is 0. The van der Waals surface area contributed by atoms with Crippen molar-refractivity contribution in [2.45, 2.75) is 37.8 Å². The third-order valence-corrected chi connectivity index (χ3v) is 16.1. The maximum absolute atomic E-state index is 14.8. The fraction of sp³-hybridized carbons (Fsp3) is 0.115. The molecule has 1 fully saturated rings. The quantitative estimate of drug-likeness (QED) is 0.136. The Labute approximate surface area is 342 Å². The summed E-state index contributed by atoms with van der Waals surface area (Å²) in [5, 5.41) is 18.0. The second kappa shape index (κ2) is 17.3. The van der Waals surface area contributed by atoms with Gasteiger partial charge in [0.1, 0.15) is 0 Å². The van der Waals surface area contributed by atoms with E-state index in [2.05, 4.69) is 168 Å². The van der Waals surface area contributed by atoms with Crippen LogP contribution in [0.4, 0.5) is 0 Å². The molecule has 0 aromatic heterocycles. The van der Waals surface area contributed by atoms with Crippen LogP contribution < -0.4 is 42.5 Å². The zero-order valence-electron chi connectivity index (χ0n) is 32.2. The molecule has 1 saturated carbocycles. The van der Waals surface area contributed by atoms with E-state index < -0.39 is 15.8 Å². The highest BCUT2D eigenvalue weighted by atomic mass is 31.1. The van der Waals surface area contributed by atoms with Crippen molar-refractivity contribution >= 4 is 81.0 Å². The molecule has 0 spiro atoms. The number of carbonyl (C=O) groups is 2. The SMILES string of the molecule is O=C(N[C@H]1CCCC[C@@H]1NC(=O)c1cc2ccccc2cc1P(c1ccccc1)c1ccccc1)c1cc2ccccc2cc1P(c1ccccc1)c1ccccc1. The summed E-state index contributed by atoms with van der Waals surface area (Å²) in [7, 11) is -2.09. The molecular weight excluding hydrogens is 747 g/mol. The van der Waals surface area contributed by atoms with Gasteiger partial charge < -0.3 is 10.6 Å². The molecule has 1 aliphatic rings. The number of amides is 2. The van der Waals surface area contributed by atoms with Crippen molar-refractivity contribution in [3.8, 4) is 0 Å².